The molecule has 0 amide bonds. The number of furan rings is 1. The maximum atomic E-state index is 5.83. The minimum absolute atomic E-state index is 0.864. The number of fused-ring (bicyclic) bond motifs is 1. The van der Waals surface area contributed by atoms with Crippen LogP contribution in [0, 0.1) is 0 Å². The smallest absolute Gasteiger partial charge is 0.134 e. The number of ether oxygens (including phenoxy) is 1. The molecule has 0 saturated heterocycles. The van der Waals surface area contributed by atoms with Crippen molar-refractivity contribution in [2.45, 2.75) is 12.8 Å². The molecule has 0 N–H and O–H groups in total. The van der Waals surface area contributed by atoms with Crippen molar-refractivity contribution in [2.24, 2.45) is 0 Å². The van der Waals surface area contributed by atoms with Crippen LogP contribution in [-0.2, 0) is 12.8 Å². The molecule has 0 aliphatic heterocycles. The molecule has 96 valence electrons. The first-order valence-electron chi connectivity index (χ1n) is 6.45. The van der Waals surface area contributed by atoms with Crippen LogP contribution in [0.4, 0.5) is 0 Å². The largest absolute Gasteiger partial charge is 0.497 e. The Morgan fingerprint density at radius 1 is 0.947 bits per heavy atom. The number of aryl methyl sites for hydroxylation is 2. The lowest BCUT2D eigenvalue weighted by molar-refractivity contribution is 0.415. The van der Waals surface area contributed by atoms with E-state index < -0.39 is 0 Å². The number of hydrogen-bond acceptors (Lipinski definition) is 2. The molecule has 0 saturated carbocycles. The van der Waals surface area contributed by atoms with Crippen LogP contribution in [0.3, 0.4) is 0 Å². The summed E-state index contributed by atoms with van der Waals surface area (Å²) in [5.41, 5.74) is 2.25. The lowest BCUT2D eigenvalue weighted by Gasteiger charge is -1.98. The van der Waals surface area contributed by atoms with Crippen LogP contribution < -0.4 is 4.74 Å². The van der Waals surface area contributed by atoms with E-state index in [0.29, 0.717) is 0 Å². The topological polar surface area (TPSA) is 22.4 Å². The lowest BCUT2D eigenvalue weighted by Crippen LogP contribution is -1.88. The SMILES string of the molecule is COc1ccc2oc(CCc3ccccc3)cc2c1. The van der Waals surface area contributed by atoms with E-state index in [1.807, 2.05) is 24.3 Å². The van der Waals surface area contributed by atoms with Crippen molar-refractivity contribution in [3.63, 3.8) is 0 Å². The minimum atomic E-state index is 0.864. The van der Waals surface area contributed by atoms with Crippen LogP contribution in [0.2, 0.25) is 0 Å². The molecule has 1 aromatic heterocycles. The van der Waals surface area contributed by atoms with E-state index in [9.17, 15) is 0 Å². The maximum Gasteiger partial charge on any atom is 0.134 e. The molecule has 0 unspecified atom stereocenters. The normalized spacial score (nSPS) is 10.8. The van der Waals surface area contributed by atoms with E-state index in [4.69, 9.17) is 9.15 Å². The molecule has 1 heterocycles. The summed E-state index contributed by atoms with van der Waals surface area (Å²) < 4.78 is 11.1. The number of methoxy groups -OCH3 is 1. The third-order valence-corrected chi connectivity index (χ3v) is 3.28. The molecule has 3 aromatic rings. The Balaban J connectivity index is 1.78. The Labute approximate surface area is 112 Å². The van der Waals surface area contributed by atoms with Gasteiger partial charge in [-0.1, -0.05) is 30.3 Å². The van der Waals surface area contributed by atoms with Gasteiger partial charge < -0.3 is 9.15 Å². The van der Waals surface area contributed by atoms with Gasteiger partial charge in [-0.3, -0.25) is 0 Å². The third-order valence-electron chi connectivity index (χ3n) is 3.28. The second-order valence-corrected chi connectivity index (χ2v) is 4.60. The van der Waals surface area contributed by atoms with Crippen molar-refractivity contribution in [3.8, 4) is 5.75 Å². The highest BCUT2D eigenvalue weighted by molar-refractivity contribution is 5.79. The summed E-state index contributed by atoms with van der Waals surface area (Å²) in [5.74, 6) is 1.88. The van der Waals surface area contributed by atoms with Gasteiger partial charge in [0.05, 0.1) is 7.11 Å². The van der Waals surface area contributed by atoms with Crippen LogP contribution in [0.1, 0.15) is 11.3 Å². The van der Waals surface area contributed by atoms with Crippen molar-refractivity contribution in [1.82, 2.24) is 0 Å². The van der Waals surface area contributed by atoms with Gasteiger partial charge >= 0.3 is 0 Å². The van der Waals surface area contributed by atoms with Gasteiger partial charge in [0, 0.05) is 11.8 Å². The Kier molecular flexibility index (Phi) is 3.23. The molecule has 3 rings (SSSR count). The fourth-order valence-corrected chi connectivity index (χ4v) is 2.24. The van der Waals surface area contributed by atoms with Gasteiger partial charge in [-0.2, -0.15) is 0 Å². The Morgan fingerprint density at radius 3 is 2.58 bits per heavy atom. The molecule has 19 heavy (non-hydrogen) atoms. The van der Waals surface area contributed by atoms with E-state index in [-0.39, 0.29) is 0 Å². The first kappa shape index (κ1) is 11.8. The molecule has 0 aliphatic carbocycles. The molecule has 2 aromatic carbocycles. The Bertz CT molecular complexity index is 668. The summed E-state index contributed by atoms with van der Waals surface area (Å²) in [7, 11) is 1.68. The molecule has 0 spiro atoms. The van der Waals surface area contributed by atoms with Crippen molar-refractivity contribution in [3.05, 3.63) is 65.9 Å². The average Bonchev–Trinajstić information content (AvgIpc) is 2.88. The predicted molar refractivity (Wildman–Crippen MR) is 76.6 cm³/mol. The van der Waals surface area contributed by atoms with Crippen LogP contribution >= 0.6 is 0 Å². The molecular formula is C17H16O2. The van der Waals surface area contributed by atoms with Gasteiger partial charge in [0.25, 0.3) is 0 Å². The molecule has 0 bridgehead atoms. The van der Waals surface area contributed by atoms with Crippen molar-refractivity contribution >= 4 is 11.0 Å². The average molecular weight is 252 g/mol. The molecule has 2 heteroatoms. The van der Waals surface area contributed by atoms with Gasteiger partial charge in [-0.15, -0.1) is 0 Å². The summed E-state index contributed by atoms with van der Waals surface area (Å²) >= 11 is 0. The number of rotatable bonds is 4. The van der Waals surface area contributed by atoms with E-state index in [0.717, 1.165) is 35.3 Å². The minimum Gasteiger partial charge on any atom is -0.497 e. The quantitative estimate of drug-likeness (QED) is 0.693. The van der Waals surface area contributed by atoms with Gasteiger partial charge in [0.15, 0.2) is 0 Å². The predicted octanol–water partition coefficient (Wildman–Crippen LogP) is 4.23. The van der Waals surface area contributed by atoms with Crippen molar-refractivity contribution < 1.29 is 9.15 Å². The summed E-state index contributed by atoms with van der Waals surface area (Å²) in [4.78, 5) is 0. The molecule has 0 radical (unpaired) electrons. The van der Waals surface area contributed by atoms with Crippen LogP contribution in [0.25, 0.3) is 11.0 Å². The maximum absolute atomic E-state index is 5.83. The molecule has 0 aliphatic rings. The molecule has 2 nitrogen and oxygen atoms in total. The monoisotopic (exact) mass is 252 g/mol. The third kappa shape index (κ3) is 2.63. The van der Waals surface area contributed by atoms with Crippen LogP contribution in [0.5, 0.6) is 5.75 Å². The summed E-state index contributed by atoms with van der Waals surface area (Å²) in [6, 6.07) is 18.4. The number of benzene rings is 2. The zero-order valence-corrected chi connectivity index (χ0v) is 10.9. The van der Waals surface area contributed by atoms with Crippen molar-refractivity contribution in [2.75, 3.05) is 7.11 Å². The highest BCUT2D eigenvalue weighted by atomic mass is 16.5. The van der Waals surface area contributed by atoms with Gasteiger partial charge in [0.2, 0.25) is 0 Å². The standard InChI is InChI=1S/C17H16O2/c1-18-15-9-10-17-14(11-15)12-16(19-17)8-7-13-5-3-2-4-6-13/h2-6,9-12H,7-8H2,1H3. The number of hydrogen-bond donors (Lipinski definition) is 0. The molecular weight excluding hydrogens is 236 g/mol. The van der Waals surface area contributed by atoms with E-state index >= 15 is 0 Å². The van der Waals surface area contributed by atoms with E-state index in [1.165, 1.54) is 5.56 Å². The fourth-order valence-electron chi connectivity index (χ4n) is 2.24. The van der Waals surface area contributed by atoms with Gasteiger partial charge in [-0.05, 0) is 36.2 Å². The lowest BCUT2D eigenvalue weighted by atomic mass is 10.1. The second-order valence-electron chi connectivity index (χ2n) is 4.60. The van der Waals surface area contributed by atoms with Crippen LogP contribution in [-0.4, -0.2) is 7.11 Å². The van der Waals surface area contributed by atoms with E-state index in [1.54, 1.807) is 7.11 Å². The zero-order chi connectivity index (χ0) is 13.1. The van der Waals surface area contributed by atoms with Gasteiger partial charge in [-0.25, -0.2) is 0 Å². The summed E-state index contributed by atoms with van der Waals surface area (Å²) in [6.07, 6.45) is 1.92. The van der Waals surface area contributed by atoms with Crippen molar-refractivity contribution in [1.29, 1.82) is 0 Å². The Hall–Kier alpha value is -2.22. The first-order valence-corrected chi connectivity index (χ1v) is 6.45. The highest BCUT2D eigenvalue weighted by Gasteiger charge is 2.05. The highest BCUT2D eigenvalue weighted by Crippen LogP contribution is 2.24. The molecule has 0 fully saturated rings. The van der Waals surface area contributed by atoms with E-state index in [2.05, 4.69) is 30.3 Å². The summed E-state index contributed by atoms with van der Waals surface area (Å²) in [6.45, 7) is 0. The Morgan fingerprint density at radius 2 is 1.79 bits per heavy atom. The zero-order valence-electron chi connectivity index (χ0n) is 10.9. The first-order chi connectivity index (χ1) is 9.35. The van der Waals surface area contributed by atoms with Crippen LogP contribution in [0.15, 0.2) is 59.0 Å². The van der Waals surface area contributed by atoms with Gasteiger partial charge in [0.1, 0.15) is 17.1 Å². The second kappa shape index (κ2) is 5.19. The summed E-state index contributed by atoms with van der Waals surface area (Å²) in [5, 5.41) is 1.10. The molecule has 0 atom stereocenters. The fraction of sp³-hybridized carbons (Fsp3) is 0.176.